The van der Waals surface area contributed by atoms with Crippen LogP contribution in [0, 0.1) is 0 Å². The van der Waals surface area contributed by atoms with Gasteiger partial charge in [-0.15, -0.1) is 0 Å². The number of amides is 2. The Morgan fingerprint density at radius 2 is 1.89 bits per heavy atom. The predicted octanol–water partition coefficient (Wildman–Crippen LogP) is 2.31. The average Bonchev–Trinajstić information content (AvgIpc) is 2.43. The van der Waals surface area contributed by atoms with Crippen LogP contribution in [-0.2, 0) is 16.1 Å². The molecule has 1 aromatic carbocycles. The number of nitrogens with zero attached hydrogens (tertiary/aromatic N) is 1. The lowest BCUT2D eigenvalue weighted by Crippen LogP contribution is -2.43. The number of hydrazine groups is 1. The Bertz CT molecular complexity index is 408. The molecule has 2 amide bonds. The van der Waals surface area contributed by atoms with Crippen molar-refractivity contribution in [3.63, 3.8) is 0 Å². The maximum atomic E-state index is 11.4. The highest BCUT2D eigenvalue weighted by Crippen LogP contribution is 2.00. The fraction of sp³-hybridized carbons (Fsp3) is 0.385. The molecule has 0 spiro atoms. The zero-order valence-corrected chi connectivity index (χ0v) is 11.1. The molecule has 0 atom stereocenters. The molecule has 0 bridgehead atoms. The molecule has 104 valence electrons. The van der Waals surface area contributed by atoms with Crippen molar-refractivity contribution in [2.75, 3.05) is 13.7 Å². The van der Waals surface area contributed by atoms with Crippen molar-refractivity contribution in [3.8, 4) is 0 Å². The quantitative estimate of drug-likeness (QED) is 0.849. The third-order valence-electron chi connectivity index (χ3n) is 2.18. The van der Waals surface area contributed by atoms with E-state index in [4.69, 9.17) is 9.47 Å². The molecule has 0 aliphatic rings. The van der Waals surface area contributed by atoms with Crippen LogP contribution in [0.3, 0.4) is 0 Å². The Morgan fingerprint density at radius 1 is 1.21 bits per heavy atom. The molecule has 1 rings (SSSR count). The summed E-state index contributed by atoms with van der Waals surface area (Å²) in [7, 11) is 1.39. The molecule has 19 heavy (non-hydrogen) atoms. The van der Waals surface area contributed by atoms with Crippen LogP contribution >= 0.6 is 0 Å². The van der Waals surface area contributed by atoms with E-state index in [1.165, 1.54) is 7.05 Å². The highest BCUT2D eigenvalue weighted by molar-refractivity contribution is 5.73. The third-order valence-corrected chi connectivity index (χ3v) is 2.18. The van der Waals surface area contributed by atoms with Crippen molar-refractivity contribution < 1.29 is 19.1 Å². The van der Waals surface area contributed by atoms with Gasteiger partial charge in [0.25, 0.3) is 0 Å². The Hall–Kier alpha value is -2.24. The van der Waals surface area contributed by atoms with Crippen molar-refractivity contribution in [2.24, 2.45) is 0 Å². The molecule has 0 aliphatic heterocycles. The molecular formula is C13H18N2O4. The first-order chi connectivity index (χ1) is 9.13. The largest absolute Gasteiger partial charge is 0.448 e. The van der Waals surface area contributed by atoms with Gasteiger partial charge in [0.05, 0.1) is 6.61 Å². The summed E-state index contributed by atoms with van der Waals surface area (Å²) in [5.41, 5.74) is 3.13. The third kappa shape index (κ3) is 5.76. The van der Waals surface area contributed by atoms with E-state index in [2.05, 4.69) is 5.43 Å². The summed E-state index contributed by atoms with van der Waals surface area (Å²) in [5, 5.41) is 0.947. The van der Waals surface area contributed by atoms with Gasteiger partial charge in [-0.05, 0) is 12.0 Å². The first-order valence-corrected chi connectivity index (χ1v) is 6.01. The van der Waals surface area contributed by atoms with Gasteiger partial charge in [0, 0.05) is 7.05 Å². The minimum absolute atomic E-state index is 0.143. The first-order valence-electron chi connectivity index (χ1n) is 6.01. The Balaban J connectivity index is 2.29. The minimum Gasteiger partial charge on any atom is -0.448 e. The topological polar surface area (TPSA) is 67.9 Å². The summed E-state index contributed by atoms with van der Waals surface area (Å²) in [5.74, 6) is 0. The van der Waals surface area contributed by atoms with E-state index >= 15 is 0 Å². The van der Waals surface area contributed by atoms with Gasteiger partial charge in [-0.2, -0.15) is 0 Å². The molecule has 1 N–H and O–H groups in total. The van der Waals surface area contributed by atoms with Gasteiger partial charge in [-0.3, -0.25) is 0 Å². The van der Waals surface area contributed by atoms with Crippen LogP contribution in [0.25, 0.3) is 0 Å². The van der Waals surface area contributed by atoms with Gasteiger partial charge >= 0.3 is 12.2 Å². The van der Waals surface area contributed by atoms with Gasteiger partial charge in [0.1, 0.15) is 6.61 Å². The van der Waals surface area contributed by atoms with Crippen molar-refractivity contribution in [2.45, 2.75) is 20.0 Å². The van der Waals surface area contributed by atoms with E-state index in [9.17, 15) is 9.59 Å². The monoisotopic (exact) mass is 266 g/mol. The molecular weight excluding hydrogens is 248 g/mol. The summed E-state index contributed by atoms with van der Waals surface area (Å²) < 4.78 is 9.79. The van der Waals surface area contributed by atoms with Crippen LogP contribution in [0.1, 0.15) is 18.9 Å². The Labute approximate surface area is 112 Å². The van der Waals surface area contributed by atoms with Gasteiger partial charge in [0.15, 0.2) is 0 Å². The highest BCUT2D eigenvalue weighted by Gasteiger charge is 2.13. The minimum atomic E-state index is -0.709. The van der Waals surface area contributed by atoms with Gasteiger partial charge in [0.2, 0.25) is 0 Å². The fourth-order valence-corrected chi connectivity index (χ4v) is 1.22. The number of nitrogens with one attached hydrogen (secondary N) is 1. The molecule has 6 heteroatoms. The van der Waals surface area contributed by atoms with E-state index in [0.717, 1.165) is 17.0 Å². The van der Waals surface area contributed by atoms with Crippen molar-refractivity contribution in [3.05, 3.63) is 35.9 Å². The second kappa shape index (κ2) is 7.97. The normalized spacial score (nSPS) is 9.58. The number of carbonyl (C=O) groups is 2. The van der Waals surface area contributed by atoms with Crippen LogP contribution in [0.4, 0.5) is 9.59 Å². The second-order valence-corrected chi connectivity index (χ2v) is 3.85. The zero-order chi connectivity index (χ0) is 14.1. The van der Waals surface area contributed by atoms with E-state index in [1.54, 1.807) is 0 Å². The molecule has 0 aliphatic carbocycles. The molecule has 0 heterocycles. The fourth-order valence-electron chi connectivity index (χ4n) is 1.22. The van der Waals surface area contributed by atoms with Crippen molar-refractivity contribution in [1.82, 2.24) is 10.4 Å². The molecule has 1 aromatic rings. The predicted molar refractivity (Wildman–Crippen MR) is 69.2 cm³/mol. The molecule has 0 aromatic heterocycles. The SMILES string of the molecule is CCCOC(=O)N(C)NC(=O)OCc1ccccc1. The lowest BCUT2D eigenvalue weighted by Gasteiger charge is -2.17. The van der Waals surface area contributed by atoms with Crippen LogP contribution in [0.2, 0.25) is 0 Å². The van der Waals surface area contributed by atoms with Crippen molar-refractivity contribution >= 4 is 12.2 Å². The number of ether oxygens (including phenoxy) is 2. The van der Waals surface area contributed by atoms with Crippen LogP contribution in [0.15, 0.2) is 30.3 Å². The Kier molecular flexibility index (Phi) is 6.21. The number of hydrogen-bond acceptors (Lipinski definition) is 4. The summed E-state index contributed by atoms with van der Waals surface area (Å²) >= 11 is 0. The summed E-state index contributed by atoms with van der Waals surface area (Å²) in [6, 6.07) is 9.26. The van der Waals surface area contributed by atoms with Crippen molar-refractivity contribution in [1.29, 1.82) is 0 Å². The van der Waals surface area contributed by atoms with Crippen LogP contribution in [-0.4, -0.2) is 30.8 Å². The number of rotatable bonds is 4. The van der Waals surface area contributed by atoms with E-state index in [1.807, 2.05) is 37.3 Å². The molecule has 0 unspecified atom stereocenters. The zero-order valence-electron chi connectivity index (χ0n) is 11.1. The lowest BCUT2D eigenvalue weighted by atomic mass is 10.2. The molecule has 0 radical (unpaired) electrons. The summed E-state index contributed by atoms with van der Waals surface area (Å²) in [4.78, 5) is 22.8. The lowest BCUT2D eigenvalue weighted by molar-refractivity contribution is 0.0783. The molecule has 6 nitrogen and oxygen atoms in total. The molecule has 0 saturated heterocycles. The van der Waals surface area contributed by atoms with Crippen LogP contribution < -0.4 is 5.43 Å². The standard InChI is InChI=1S/C13H18N2O4/c1-3-9-18-13(17)15(2)14-12(16)19-10-11-7-5-4-6-8-11/h4-8H,3,9-10H2,1-2H3,(H,14,16). The molecule has 0 fully saturated rings. The van der Waals surface area contributed by atoms with E-state index in [0.29, 0.717) is 6.61 Å². The van der Waals surface area contributed by atoms with Gasteiger partial charge in [-0.1, -0.05) is 37.3 Å². The number of hydrogen-bond donors (Lipinski definition) is 1. The molecule has 0 saturated carbocycles. The number of benzene rings is 1. The van der Waals surface area contributed by atoms with Gasteiger partial charge in [-0.25, -0.2) is 20.0 Å². The number of carbonyl (C=O) groups excluding carboxylic acids is 2. The average molecular weight is 266 g/mol. The smallest absolute Gasteiger partial charge is 0.428 e. The van der Waals surface area contributed by atoms with E-state index in [-0.39, 0.29) is 6.61 Å². The van der Waals surface area contributed by atoms with Crippen LogP contribution in [0.5, 0.6) is 0 Å². The second-order valence-electron chi connectivity index (χ2n) is 3.85. The van der Waals surface area contributed by atoms with E-state index < -0.39 is 12.2 Å². The Morgan fingerprint density at radius 3 is 2.53 bits per heavy atom. The maximum Gasteiger partial charge on any atom is 0.428 e. The summed E-state index contributed by atoms with van der Waals surface area (Å²) in [6.07, 6.45) is -0.615. The first kappa shape index (κ1) is 14.8. The summed E-state index contributed by atoms with van der Waals surface area (Å²) in [6.45, 7) is 2.34. The van der Waals surface area contributed by atoms with Gasteiger partial charge < -0.3 is 9.47 Å². The highest BCUT2D eigenvalue weighted by atomic mass is 16.6. The maximum absolute atomic E-state index is 11.4.